The molecule has 6 nitrogen and oxygen atoms in total. The Bertz CT molecular complexity index is 514. The van der Waals surface area contributed by atoms with Crippen LogP contribution in [0.25, 0.3) is 11.5 Å². The Balaban J connectivity index is 1.75. The van der Waals surface area contributed by atoms with Gasteiger partial charge in [-0.2, -0.15) is 4.98 Å². The van der Waals surface area contributed by atoms with Gasteiger partial charge in [-0.1, -0.05) is 12.1 Å². The minimum absolute atomic E-state index is 0.131. The van der Waals surface area contributed by atoms with Crippen LogP contribution in [0.3, 0.4) is 0 Å². The summed E-state index contributed by atoms with van der Waals surface area (Å²) in [4.78, 5) is 8.62. The van der Waals surface area contributed by atoms with Crippen LogP contribution in [-0.4, -0.2) is 40.9 Å². The lowest BCUT2D eigenvalue weighted by Gasteiger charge is -2.14. The van der Waals surface area contributed by atoms with E-state index < -0.39 is 0 Å². The molecule has 1 aliphatic heterocycles. The number of rotatable bonds is 5. The fourth-order valence-corrected chi connectivity index (χ4v) is 2.67. The fourth-order valence-electron chi connectivity index (χ4n) is 2.14. The summed E-state index contributed by atoms with van der Waals surface area (Å²) in [5, 5.41) is 9.36. The van der Waals surface area contributed by atoms with E-state index in [0.717, 1.165) is 18.7 Å². The minimum atomic E-state index is 0.131. The minimum Gasteiger partial charge on any atom is -0.379 e. The maximum atomic E-state index is 5.52. The molecular formula is C12H16N4O2S. The van der Waals surface area contributed by atoms with Gasteiger partial charge in [0.1, 0.15) is 5.69 Å². The Morgan fingerprint density at radius 3 is 3.21 bits per heavy atom. The zero-order valence-electron chi connectivity index (χ0n) is 10.7. The fraction of sp³-hybridized carbons (Fsp3) is 0.583. The lowest BCUT2D eigenvalue weighted by molar-refractivity contribution is 0.184. The summed E-state index contributed by atoms with van der Waals surface area (Å²) in [6.07, 6.45) is 1.09. The summed E-state index contributed by atoms with van der Waals surface area (Å²) in [5.74, 6) is 1.32. The molecule has 2 atom stereocenters. The molecule has 0 amide bonds. The maximum Gasteiger partial charge on any atom is 0.234 e. The Morgan fingerprint density at radius 2 is 2.42 bits per heavy atom. The van der Waals surface area contributed by atoms with Crippen LogP contribution in [0.15, 0.2) is 15.4 Å². The molecule has 3 rings (SSSR count). The predicted octanol–water partition coefficient (Wildman–Crippen LogP) is 1.68. The van der Waals surface area contributed by atoms with Gasteiger partial charge in [-0.25, -0.2) is 4.98 Å². The van der Waals surface area contributed by atoms with Gasteiger partial charge in [-0.05, 0) is 13.0 Å². The molecule has 19 heavy (non-hydrogen) atoms. The molecule has 1 saturated heterocycles. The van der Waals surface area contributed by atoms with Crippen LogP contribution in [-0.2, 0) is 4.74 Å². The zero-order valence-corrected chi connectivity index (χ0v) is 11.5. The van der Waals surface area contributed by atoms with Gasteiger partial charge in [-0.3, -0.25) is 0 Å². The summed E-state index contributed by atoms with van der Waals surface area (Å²) in [6, 6.07) is 0.253. The highest BCUT2D eigenvalue weighted by Crippen LogP contribution is 2.26. The average molecular weight is 280 g/mol. The van der Waals surface area contributed by atoms with E-state index in [2.05, 4.69) is 27.4 Å². The van der Waals surface area contributed by atoms with E-state index in [0.29, 0.717) is 24.9 Å². The van der Waals surface area contributed by atoms with Crippen LogP contribution in [0.5, 0.6) is 0 Å². The van der Waals surface area contributed by atoms with E-state index in [1.807, 2.05) is 5.38 Å². The van der Waals surface area contributed by atoms with Gasteiger partial charge in [0, 0.05) is 11.4 Å². The van der Waals surface area contributed by atoms with E-state index in [1.165, 1.54) is 11.3 Å². The highest BCUT2D eigenvalue weighted by molar-refractivity contribution is 7.07. The number of nitrogens with zero attached hydrogens (tertiary/aromatic N) is 3. The number of thiazole rings is 1. The van der Waals surface area contributed by atoms with Crippen molar-refractivity contribution in [2.24, 2.45) is 0 Å². The highest BCUT2D eigenvalue weighted by atomic mass is 32.1. The summed E-state index contributed by atoms with van der Waals surface area (Å²) in [5.41, 5.74) is 2.52. The molecule has 0 saturated carbocycles. The molecule has 2 unspecified atom stereocenters. The second kappa shape index (κ2) is 5.77. The molecule has 1 fully saturated rings. The van der Waals surface area contributed by atoms with Crippen molar-refractivity contribution in [3.05, 3.63) is 16.8 Å². The number of hydrogen-bond acceptors (Lipinski definition) is 7. The van der Waals surface area contributed by atoms with Crippen molar-refractivity contribution >= 4 is 11.3 Å². The summed E-state index contributed by atoms with van der Waals surface area (Å²) < 4.78 is 10.9. The van der Waals surface area contributed by atoms with Crippen molar-refractivity contribution in [3.8, 4) is 11.5 Å². The Kier molecular flexibility index (Phi) is 3.86. The molecule has 2 aromatic rings. The van der Waals surface area contributed by atoms with Gasteiger partial charge >= 0.3 is 0 Å². The molecule has 2 aromatic heterocycles. The van der Waals surface area contributed by atoms with Crippen molar-refractivity contribution in [1.82, 2.24) is 20.4 Å². The van der Waals surface area contributed by atoms with Crippen LogP contribution in [0.1, 0.15) is 25.2 Å². The first-order valence-corrected chi connectivity index (χ1v) is 7.36. The first-order valence-electron chi connectivity index (χ1n) is 6.41. The molecule has 102 valence electrons. The van der Waals surface area contributed by atoms with Crippen molar-refractivity contribution in [2.45, 2.75) is 25.3 Å². The van der Waals surface area contributed by atoms with E-state index in [9.17, 15) is 0 Å². The Labute approximate surface area is 115 Å². The summed E-state index contributed by atoms with van der Waals surface area (Å²) in [7, 11) is 0. The standard InChI is InChI=1S/C12H16N4O2S/c1-2-3-13-9-5-17-4-8(9)12-15-11(16-18-12)10-6-19-7-14-10/h6-9,13H,2-5H2,1H3. The summed E-state index contributed by atoms with van der Waals surface area (Å²) in [6.45, 7) is 4.43. The Morgan fingerprint density at radius 1 is 1.47 bits per heavy atom. The average Bonchev–Trinajstić information content (AvgIpc) is 3.14. The van der Waals surface area contributed by atoms with E-state index in [1.54, 1.807) is 5.51 Å². The van der Waals surface area contributed by atoms with Crippen LogP contribution in [0, 0.1) is 0 Å². The molecule has 1 N–H and O–H groups in total. The number of nitrogens with one attached hydrogen (secondary N) is 1. The molecule has 0 aliphatic carbocycles. The van der Waals surface area contributed by atoms with Gasteiger partial charge in [0.15, 0.2) is 0 Å². The molecule has 3 heterocycles. The second-order valence-corrected chi connectivity index (χ2v) is 5.25. The third-order valence-corrected chi connectivity index (χ3v) is 3.74. The smallest absolute Gasteiger partial charge is 0.234 e. The molecule has 0 bridgehead atoms. The largest absolute Gasteiger partial charge is 0.379 e. The first kappa shape index (κ1) is 12.7. The van der Waals surface area contributed by atoms with Gasteiger partial charge in [-0.15, -0.1) is 11.3 Å². The summed E-state index contributed by atoms with van der Waals surface area (Å²) >= 11 is 1.52. The van der Waals surface area contributed by atoms with Crippen LogP contribution < -0.4 is 5.32 Å². The third kappa shape index (κ3) is 2.68. The SMILES string of the molecule is CCCNC1COCC1c1nc(-c2cscn2)no1. The second-order valence-electron chi connectivity index (χ2n) is 4.53. The van der Waals surface area contributed by atoms with Crippen LogP contribution >= 0.6 is 11.3 Å². The zero-order chi connectivity index (χ0) is 13.1. The maximum absolute atomic E-state index is 5.52. The van der Waals surface area contributed by atoms with Crippen LogP contribution in [0.4, 0.5) is 0 Å². The molecule has 7 heteroatoms. The number of ether oxygens (including phenoxy) is 1. The predicted molar refractivity (Wildman–Crippen MR) is 71.0 cm³/mol. The van der Waals surface area contributed by atoms with Gasteiger partial charge in [0.05, 0.1) is 24.6 Å². The molecular weight excluding hydrogens is 264 g/mol. The number of aromatic nitrogens is 3. The van der Waals surface area contributed by atoms with Gasteiger partial charge < -0.3 is 14.6 Å². The van der Waals surface area contributed by atoms with Crippen molar-refractivity contribution in [2.75, 3.05) is 19.8 Å². The van der Waals surface area contributed by atoms with E-state index in [-0.39, 0.29) is 12.0 Å². The van der Waals surface area contributed by atoms with E-state index in [4.69, 9.17) is 9.26 Å². The van der Waals surface area contributed by atoms with Crippen molar-refractivity contribution < 1.29 is 9.26 Å². The van der Waals surface area contributed by atoms with E-state index >= 15 is 0 Å². The molecule has 0 spiro atoms. The first-order chi connectivity index (χ1) is 9.38. The molecule has 0 aromatic carbocycles. The van der Waals surface area contributed by atoms with Crippen LogP contribution in [0.2, 0.25) is 0 Å². The van der Waals surface area contributed by atoms with Gasteiger partial charge in [0.2, 0.25) is 11.7 Å². The third-order valence-electron chi connectivity index (χ3n) is 3.16. The lowest BCUT2D eigenvalue weighted by Crippen LogP contribution is -2.34. The van der Waals surface area contributed by atoms with Crippen molar-refractivity contribution in [1.29, 1.82) is 0 Å². The normalized spacial score (nSPS) is 23.0. The molecule has 0 radical (unpaired) electrons. The highest BCUT2D eigenvalue weighted by Gasteiger charge is 2.33. The van der Waals surface area contributed by atoms with Gasteiger partial charge in [0.25, 0.3) is 0 Å². The molecule has 1 aliphatic rings. The lowest BCUT2D eigenvalue weighted by atomic mass is 10.0. The monoisotopic (exact) mass is 280 g/mol. The quantitative estimate of drug-likeness (QED) is 0.898. The topological polar surface area (TPSA) is 73.1 Å². The Hall–Kier alpha value is -1.31. The number of hydrogen-bond donors (Lipinski definition) is 1. The van der Waals surface area contributed by atoms with Crippen molar-refractivity contribution in [3.63, 3.8) is 0 Å².